The molecule has 0 aromatic rings. The third-order valence-corrected chi connectivity index (χ3v) is 0.726. The van der Waals surface area contributed by atoms with Crippen molar-refractivity contribution in [3.63, 3.8) is 0 Å². The lowest BCUT2D eigenvalue weighted by molar-refractivity contribution is 0.222. The quantitative estimate of drug-likeness (QED) is 0.437. The van der Waals surface area contributed by atoms with Crippen molar-refractivity contribution in [3.05, 3.63) is 31.4 Å². The van der Waals surface area contributed by atoms with Crippen molar-refractivity contribution in [2.24, 2.45) is 0 Å². The van der Waals surface area contributed by atoms with Crippen molar-refractivity contribution in [1.29, 1.82) is 0 Å². The average molecular weight is 94.1 g/mol. The molecule has 1 heterocycles. The van der Waals surface area contributed by atoms with Gasteiger partial charge < -0.3 is 4.74 Å². The molecular formula is C6H6O. The van der Waals surface area contributed by atoms with Crippen molar-refractivity contribution in [2.45, 2.75) is 6.10 Å². The van der Waals surface area contributed by atoms with Crippen LogP contribution in [0.4, 0.5) is 0 Å². The predicted molar refractivity (Wildman–Crippen MR) is 27.5 cm³/mol. The fourth-order valence-corrected chi connectivity index (χ4v) is 0.400. The van der Waals surface area contributed by atoms with Crippen LogP contribution in [0.5, 0.6) is 0 Å². The van der Waals surface area contributed by atoms with E-state index in [0.717, 1.165) is 0 Å². The maximum atomic E-state index is 5.27. The zero-order valence-corrected chi connectivity index (χ0v) is 3.87. The minimum atomic E-state index is -0.231. The number of hydrogen-bond donors (Lipinski definition) is 0. The lowest BCUT2D eigenvalue weighted by atomic mass is 10.3. The maximum Gasteiger partial charge on any atom is 0.120 e. The van der Waals surface area contributed by atoms with Crippen molar-refractivity contribution in [1.82, 2.24) is 0 Å². The van der Waals surface area contributed by atoms with Gasteiger partial charge in [0.2, 0.25) is 0 Å². The predicted octanol–water partition coefficient (Wildman–Crippen LogP) is 1.17. The van der Waals surface area contributed by atoms with E-state index in [4.69, 9.17) is 11.7 Å². The van der Waals surface area contributed by atoms with Crippen LogP contribution >= 0.6 is 0 Å². The van der Waals surface area contributed by atoms with Crippen molar-refractivity contribution in [2.75, 3.05) is 0 Å². The summed E-state index contributed by atoms with van der Waals surface area (Å²) in [4.78, 5) is 0. The monoisotopic (exact) mass is 94.0 g/mol. The standard InChI is InChI=1S/C6H6O/c1-6-4-2-3-5-7-6/h1-6H. The number of ether oxygens (including phenoxy) is 1. The van der Waals surface area contributed by atoms with Gasteiger partial charge in [-0.05, 0) is 12.2 Å². The second-order valence-corrected chi connectivity index (χ2v) is 1.31. The van der Waals surface area contributed by atoms with E-state index < -0.39 is 0 Å². The Bertz CT molecular complexity index is 103. The summed E-state index contributed by atoms with van der Waals surface area (Å²) in [5.74, 6) is 0. The molecule has 1 atom stereocenters. The van der Waals surface area contributed by atoms with Gasteiger partial charge in [0.15, 0.2) is 0 Å². The third kappa shape index (κ3) is 1.07. The second kappa shape index (κ2) is 1.82. The van der Waals surface area contributed by atoms with Gasteiger partial charge in [0.05, 0.1) is 6.26 Å². The van der Waals surface area contributed by atoms with E-state index in [0.29, 0.717) is 0 Å². The molecule has 36 valence electrons. The fourth-order valence-electron chi connectivity index (χ4n) is 0.400. The molecule has 0 N–H and O–H groups in total. The summed E-state index contributed by atoms with van der Waals surface area (Å²) in [5.41, 5.74) is 0. The molecule has 0 aromatic carbocycles. The Kier molecular flexibility index (Phi) is 1.16. The van der Waals surface area contributed by atoms with Crippen LogP contribution in [0.1, 0.15) is 0 Å². The summed E-state index contributed by atoms with van der Waals surface area (Å²) in [5, 5.41) is 0. The van der Waals surface area contributed by atoms with Crippen LogP contribution < -0.4 is 0 Å². The van der Waals surface area contributed by atoms with Gasteiger partial charge in [-0.3, -0.25) is 0 Å². The fraction of sp³-hybridized carbons (Fsp3) is 0.167. The van der Waals surface area contributed by atoms with Gasteiger partial charge in [0, 0.05) is 6.92 Å². The highest BCUT2D eigenvalue weighted by molar-refractivity contribution is 5.07. The highest BCUT2D eigenvalue weighted by Crippen LogP contribution is 1.98. The van der Waals surface area contributed by atoms with Crippen LogP contribution in [0.3, 0.4) is 0 Å². The Morgan fingerprint density at radius 3 is 2.57 bits per heavy atom. The largest absolute Gasteiger partial charge is 0.494 e. The third-order valence-electron chi connectivity index (χ3n) is 0.726. The van der Waals surface area contributed by atoms with Crippen LogP contribution in [0.2, 0.25) is 0 Å². The minimum absolute atomic E-state index is 0.231. The first-order valence-electron chi connectivity index (χ1n) is 2.14. The second-order valence-electron chi connectivity index (χ2n) is 1.31. The van der Waals surface area contributed by atoms with Crippen molar-refractivity contribution in [3.8, 4) is 0 Å². The Hall–Kier alpha value is -0.720. The zero-order chi connectivity index (χ0) is 5.11. The highest BCUT2D eigenvalue weighted by Gasteiger charge is 1.93. The van der Waals surface area contributed by atoms with E-state index in [-0.39, 0.29) is 6.10 Å². The summed E-state index contributed by atoms with van der Waals surface area (Å²) < 4.78 is 4.79. The molecule has 1 unspecified atom stereocenters. The van der Waals surface area contributed by atoms with E-state index in [2.05, 4.69) is 0 Å². The molecule has 0 fully saturated rings. The normalized spacial score (nSPS) is 27.3. The minimum Gasteiger partial charge on any atom is -0.494 e. The summed E-state index contributed by atoms with van der Waals surface area (Å²) in [6.07, 6.45) is 6.77. The molecule has 1 aliphatic heterocycles. The first kappa shape index (κ1) is 4.44. The van der Waals surface area contributed by atoms with Gasteiger partial charge in [-0.2, -0.15) is 0 Å². The van der Waals surface area contributed by atoms with Crippen molar-refractivity contribution < 1.29 is 4.74 Å². The number of allylic oxidation sites excluding steroid dienone is 2. The summed E-state index contributed by atoms with van der Waals surface area (Å²) in [6.45, 7) is 5.27. The summed E-state index contributed by atoms with van der Waals surface area (Å²) in [6, 6.07) is 0. The van der Waals surface area contributed by atoms with Crippen LogP contribution in [0.25, 0.3) is 0 Å². The lowest BCUT2D eigenvalue weighted by Crippen LogP contribution is -2.00. The summed E-state index contributed by atoms with van der Waals surface area (Å²) >= 11 is 0. The first-order chi connectivity index (χ1) is 3.39. The van der Waals surface area contributed by atoms with Gasteiger partial charge >= 0.3 is 0 Å². The maximum absolute atomic E-state index is 5.27. The average Bonchev–Trinajstić information content (AvgIpc) is 1.69. The molecule has 0 aromatic heterocycles. The van der Waals surface area contributed by atoms with Gasteiger partial charge in [0.25, 0.3) is 0 Å². The highest BCUT2D eigenvalue weighted by atomic mass is 16.5. The molecule has 1 aliphatic rings. The van der Waals surface area contributed by atoms with E-state index in [9.17, 15) is 0 Å². The molecule has 1 heteroatoms. The summed E-state index contributed by atoms with van der Waals surface area (Å²) in [7, 11) is 0. The smallest absolute Gasteiger partial charge is 0.120 e. The number of rotatable bonds is 0. The first-order valence-corrected chi connectivity index (χ1v) is 2.14. The van der Waals surface area contributed by atoms with Gasteiger partial charge in [-0.15, -0.1) is 0 Å². The topological polar surface area (TPSA) is 9.23 Å². The van der Waals surface area contributed by atoms with Crippen LogP contribution in [-0.2, 0) is 4.74 Å². The molecule has 2 radical (unpaired) electrons. The van der Waals surface area contributed by atoms with Crippen molar-refractivity contribution >= 4 is 0 Å². The molecule has 7 heavy (non-hydrogen) atoms. The van der Waals surface area contributed by atoms with E-state index in [1.165, 1.54) is 0 Å². The van der Waals surface area contributed by atoms with Crippen LogP contribution in [0, 0.1) is 6.92 Å². The molecule has 0 aliphatic carbocycles. The Labute approximate surface area is 43.3 Å². The van der Waals surface area contributed by atoms with Gasteiger partial charge in [0.1, 0.15) is 6.10 Å². The molecule has 1 rings (SSSR count). The molecular weight excluding hydrogens is 88.1 g/mol. The Balaban J connectivity index is 2.49. The van der Waals surface area contributed by atoms with E-state index >= 15 is 0 Å². The molecule has 0 bridgehead atoms. The zero-order valence-electron chi connectivity index (χ0n) is 3.87. The Morgan fingerprint density at radius 1 is 1.43 bits per heavy atom. The van der Waals surface area contributed by atoms with E-state index in [1.54, 1.807) is 18.4 Å². The van der Waals surface area contributed by atoms with Crippen LogP contribution in [0.15, 0.2) is 24.5 Å². The molecule has 0 saturated heterocycles. The molecule has 0 spiro atoms. The van der Waals surface area contributed by atoms with Crippen LogP contribution in [-0.4, -0.2) is 6.10 Å². The molecule has 0 amide bonds. The van der Waals surface area contributed by atoms with Gasteiger partial charge in [-0.25, -0.2) is 0 Å². The number of hydrogen-bond acceptors (Lipinski definition) is 1. The molecule has 0 saturated carbocycles. The van der Waals surface area contributed by atoms with E-state index in [1.807, 2.05) is 6.08 Å². The lowest BCUT2D eigenvalue weighted by Gasteiger charge is -2.06. The SMILES string of the molecule is [CH]C1C=CC=CO1. The Morgan fingerprint density at radius 2 is 2.29 bits per heavy atom. The van der Waals surface area contributed by atoms with Gasteiger partial charge in [-0.1, -0.05) is 6.08 Å². The molecule has 1 nitrogen and oxygen atoms in total.